The molecule has 120 valence electrons. The molecule has 1 amide bonds. The van der Waals surface area contributed by atoms with E-state index < -0.39 is 6.10 Å². The zero-order valence-corrected chi connectivity index (χ0v) is 13.7. The Balaban J connectivity index is 1.71. The van der Waals surface area contributed by atoms with Crippen LogP contribution in [-0.2, 0) is 4.79 Å². The number of hydrogen-bond donors (Lipinski definition) is 0. The number of likely N-dealkylation sites (N-methyl/N-ethyl adjacent to an activating group) is 1. The van der Waals surface area contributed by atoms with Crippen molar-refractivity contribution in [2.24, 2.45) is 0 Å². The number of carbonyl (C=O) groups excluding carboxylic acids is 1. The van der Waals surface area contributed by atoms with Gasteiger partial charge in [0.05, 0.1) is 6.04 Å². The van der Waals surface area contributed by atoms with Crippen LogP contribution in [0.25, 0.3) is 0 Å². The van der Waals surface area contributed by atoms with Gasteiger partial charge in [-0.1, -0.05) is 42.0 Å². The fraction of sp³-hybridized carbons (Fsp3) is 0.316. The standard InChI is InChI=1S/C19H21NO3/c1-13-8-10-15(11-9-13)14(2)20(3)19(21)18-12-22-16-6-4-5-7-17(16)23-18/h4-11,14,18H,12H2,1-3H3. The fourth-order valence-electron chi connectivity index (χ4n) is 2.63. The van der Waals surface area contributed by atoms with Crippen LogP contribution < -0.4 is 9.47 Å². The molecule has 1 aliphatic heterocycles. The average molecular weight is 311 g/mol. The second-order valence-corrected chi connectivity index (χ2v) is 5.90. The summed E-state index contributed by atoms with van der Waals surface area (Å²) in [6, 6.07) is 15.6. The van der Waals surface area contributed by atoms with Gasteiger partial charge in [0.15, 0.2) is 11.5 Å². The smallest absolute Gasteiger partial charge is 0.267 e. The molecule has 0 N–H and O–H groups in total. The number of amides is 1. The number of fused-ring (bicyclic) bond motifs is 1. The Labute approximate surface area is 136 Å². The Morgan fingerprint density at radius 1 is 1.13 bits per heavy atom. The quantitative estimate of drug-likeness (QED) is 0.872. The van der Waals surface area contributed by atoms with Crippen molar-refractivity contribution in [2.75, 3.05) is 13.7 Å². The molecular weight excluding hydrogens is 290 g/mol. The van der Waals surface area contributed by atoms with Crippen molar-refractivity contribution in [1.82, 2.24) is 4.90 Å². The van der Waals surface area contributed by atoms with E-state index in [1.807, 2.05) is 38.1 Å². The molecule has 23 heavy (non-hydrogen) atoms. The molecule has 1 heterocycles. The van der Waals surface area contributed by atoms with Crippen LogP contribution in [0.3, 0.4) is 0 Å². The van der Waals surface area contributed by atoms with Crippen LogP contribution in [0.2, 0.25) is 0 Å². The summed E-state index contributed by atoms with van der Waals surface area (Å²) in [5, 5.41) is 0. The van der Waals surface area contributed by atoms with Crippen molar-refractivity contribution in [3.05, 3.63) is 59.7 Å². The number of ether oxygens (including phenoxy) is 2. The zero-order chi connectivity index (χ0) is 16.4. The lowest BCUT2D eigenvalue weighted by atomic mass is 10.1. The van der Waals surface area contributed by atoms with E-state index in [0.717, 1.165) is 5.56 Å². The molecule has 0 aliphatic carbocycles. The van der Waals surface area contributed by atoms with Gasteiger partial charge in [0.1, 0.15) is 6.61 Å². The van der Waals surface area contributed by atoms with Gasteiger partial charge < -0.3 is 14.4 Å². The summed E-state index contributed by atoms with van der Waals surface area (Å²) < 4.78 is 11.4. The normalized spacial score (nSPS) is 17.4. The Bertz CT molecular complexity index is 696. The molecule has 2 unspecified atom stereocenters. The Hall–Kier alpha value is -2.49. The molecule has 0 aromatic heterocycles. The number of benzene rings is 2. The highest BCUT2D eigenvalue weighted by Crippen LogP contribution is 2.32. The average Bonchev–Trinajstić information content (AvgIpc) is 2.60. The molecule has 0 saturated heterocycles. The number of hydrogen-bond acceptors (Lipinski definition) is 3. The highest BCUT2D eigenvalue weighted by molar-refractivity contribution is 5.82. The number of aryl methyl sites for hydroxylation is 1. The first-order chi connectivity index (χ1) is 11.1. The lowest BCUT2D eigenvalue weighted by Gasteiger charge is -2.32. The first-order valence-corrected chi connectivity index (χ1v) is 7.78. The summed E-state index contributed by atoms with van der Waals surface area (Å²) in [4.78, 5) is 14.4. The Morgan fingerprint density at radius 3 is 2.48 bits per heavy atom. The lowest BCUT2D eigenvalue weighted by Crippen LogP contribution is -2.45. The Morgan fingerprint density at radius 2 is 1.78 bits per heavy atom. The number of carbonyl (C=O) groups is 1. The van der Waals surface area contributed by atoms with Crippen molar-refractivity contribution in [2.45, 2.75) is 26.0 Å². The molecule has 0 fully saturated rings. The van der Waals surface area contributed by atoms with Crippen LogP contribution >= 0.6 is 0 Å². The van der Waals surface area contributed by atoms with E-state index in [-0.39, 0.29) is 18.6 Å². The van der Waals surface area contributed by atoms with Crippen LogP contribution in [0.15, 0.2) is 48.5 Å². The van der Waals surface area contributed by atoms with Crippen LogP contribution in [0.5, 0.6) is 11.5 Å². The molecule has 0 spiro atoms. The van der Waals surface area contributed by atoms with Gasteiger partial charge in [0, 0.05) is 7.05 Å². The largest absolute Gasteiger partial charge is 0.485 e. The van der Waals surface area contributed by atoms with Gasteiger partial charge in [-0.2, -0.15) is 0 Å². The van der Waals surface area contributed by atoms with Gasteiger partial charge in [-0.05, 0) is 31.5 Å². The molecule has 0 radical (unpaired) electrons. The monoisotopic (exact) mass is 311 g/mol. The van der Waals surface area contributed by atoms with E-state index in [0.29, 0.717) is 11.5 Å². The highest BCUT2D eigenvalue weighted by atomic mass is 16.6. The molecule has 2 aromatic carbocycles. The minimum absolute atomic E-state index is 0.0242. The number of rotatable bonds is 3. The third kappa shape index (κ3) is 3.16. The van der Waals surface area contributed by atoms with Gasteiger partial charge in [-0.3, -0.25) is 4.79 Å². The topological polar surface area (TPSA) is 38.8 Å². The van der Waals surface area contributed by atoms with Gasteiger partial charge in [-0.25, -0.2) is 0 Å². The minimum Gasteiger partial charge on any atom is -0.485 e. The molecule has 2 atom stereocenters. The summed E-state index contributed by atoms with van der Waals surface area (Å²) >= 11 is 0. The van der Waals surface area contributed by atoms with Gasteiger partial charge in [0.2, 0.25) is 6.10 Å². The maximum Gasteiger partial charge on any atom is 0.267 e. The Kier molecular flexibility index (Phi) is 4.24. The minimum atomic E-state index is -0.609. The molecule has 3 rings (SSSR count). The third-order valence-electron chi connectivity index (χ3n) is 4.27. The zero-order valence-electron chi connectivity index (χ0n) is 13.7. The van der Waals surface area contributed by atoms with Gasteiger partial charge in [-0.15, -0.1) is 0 Å². The summed E-state index contributed by atoms with van der Waals surface area (Å²) in [7, 11) is 1.80. The van der Waals surface area contributed by atoms with Crippen molar-refractivity contribution in [3.8, 4) is 11.5 Å². The van der Waals surface area contributed by atoms with Crippen molar-refractivity contribution in [3.63, 3.8) is 0 Å². The summed E-state index contributed by atoms with van der Waals surface area (Å²) in [5.41, 5.74) is 2.30. The summed E-state index contributed by atoms with van der Waals surface area (Å²) in [6.07, 6.45) is -0.609. The summed E-state index contributed by atoms with van der Waals surface area (Å²) in [5.74, 6) is 1.23. The second-order valence-electron chi connectivity index (χ2n) is 5.90. The SMILES string of the molecule is Cc1ccc(C(C)N(C)C(=O)C2COc3ccccc3O2)cc1. The third-order valence-corrected chi connectivity index (χ3v) is 4.27. The van der Waals surface area contributed by atoms with E-state index in [2.05, 4.69) is 24.3 Å². The van der Waals surface area contributed by atoms with Crippen molar-refractivity contribution >= 4 is 5.91 Å². The van der Waals surface area contributed by atoms with E-state index in [1.165, 1.54) is 5.56 Å². The molecular formula is C19H21NO3. The van der Waals surface area contributed by atoms with Crippen LogP contribution in [-0.4, -0.2) is 30.6 Å². The maximum absolute atomic E-state index is 12.7. The first kappa shape index (κ1) is 15.4. The molecule has 4 heteroatoms. The van der Waals surface area contributed by atoms with Gasteiger partial charge >= 0.3 is 0 Å². The van der Waals surface area contributed by atoms with E-state index in [4.69, 9.17) is 9.47 Å². The fourth-order valence-corrected chi connectivity index (χ4v) is 2.63. The van der Waals surface area contributed by atoms with Crippen LogP contribution in [0.4, 0.5) is 0 Å². The molecule has 2 aromatic rings. The lowest BCUT2D eigenvalue weighted by molar-refractivity contribution is -0.141. The van der Waals surface area contributed by atoms with Gasteiger partial charge in [0.25, 0.3) is 5.91 Å². The van der Waals surface area contributed by atoms with Crippen LogP contribution in [0, 0.1) is 6.92 Å². The molecule has 0 bridgehead atoms. The molecule has 0 saturated carbocycles. The first-order valence-electron chi connectivity index (χ1n) is 7.78. The van der Waals surface area contributed by atoms with E-state index in [9.17, 15) is 4.79 Å². The maximum atomic E-state index is 12.7. The van der Waals surface area contributed by atoms with E-state index >= 15 is 0 Å². The number of para-hydroxylation sites is 2. The predicted molar refractivity (Wildman–Crippen MR) is 88.7 cm³/mol. The summed E-state index contributed by atoms with van der Waals surface area (Å²) in [6.45, 7) is 4.30. The second kappa shape index (κ2) is 6.32. The predicted octanol–water partition coefficient (Wildman–Crippen LogP) is 3.35. The van der Waals surface area contributed by atoms with E-state index in [1.54, 1.807) is 11.9 Å². The van der Waals surface area contributed by atoms with Crippen molar-refractivity contribution in [1.29, 1.82) is 0 Å². The van der Waals surface area contributed by atoms with Crippen molar-refractivity contribution < 1.29 is 14.3 Å². The molecule has 4 nitrogen and oxygen atoms in total. The molecule has 1 aliphatic rings. The van der Waals surface area contributed by atoms with Crippen LogP contribution in [0.1, 0.15) is 24.1 Å². The highest BCUT2D eigenvalue weighted by Gasteiger charge is 2.31. The number of nitrogens with zero attached hydrogens (tertiary/aromatic N) is 1.